The molecule has 21 heavy (non-hydrogen) atoms. The van der Waals surface area contributed by atoms with Gasteiger partial charge in [-0.1, -0.05) is 36.4 Å². The van der Waals surface area contributed by atoms with Crippen LogP contribution < -0.4 is 11.3 Å². The van der Waals surface area contributed by atoms with E-state index in [0.717, 1.165) is 12.8 Å². The Hall–Kier alpha value is -1.78. The Bertz CT molecular complexity index is 670. The summed E-state index contributed by atoms with van der Waals surface area (Å²) in [7, 11) is 0. The van der Waals surface area contributed by atoms with Crippen LogP contribution in [0, 0.1) is 18.6 Å². The number of benzene rings is 2. The highest BCUT2D eigenvalue weighted by Crippen LogP contribution is 2.42. The van der Waals surface area contributed by atoms with Gasteiger partial charge in [-0.25, -0.2) is 8.78 Å². The lowest BCUT2D eigenvalue weighted by Crippen LogP contribution is -2.33. The summed E-state index contributed by atoms with van der Waals surface area (Å²) in [5, 5.41) is 0. The van der Waals surface area contributed by atoms with Crippen LogP contribution in [0.15, 0.2) is 36.4 Å². The molecule has 0 saturated heterocycles. The van der Waals surface area contributed by atoms with Gasteiger partial charge >= 0.3 is 0 Å². The van der Waals surface area contributed by atoms with Crippen molar-refractivity contribution >= 4 is 0 Å². The minimum Gasteiger partial charge on any atom is -0.271 e. The van der Waals surface area contributed by atoms with Gasteiger partial charge in [-0.15, -0.1) is 0 Å². The Labute approximate surface area is 122 Å². The number of fused-ring (bicyclic) bond motifs is 1. The van der Waals surface area contributed by atoms with Crippen LogP contribution in [-0.2, 0) is 6.42 Å². The fraction of sp³-hybridized carbons (Fsp3) is 0.294. The zero-order valence-corrected chi connectivity index (χ0v) is 11.9. The van der Waals surface area contributed by atoms with E-state index in [-0.39, 0.29) is 5.92 Å². The predicted octanol–water partition coefficient (Wildman–Crippen LogP) is 3.51. The lowest BCUT2D eigenvalue weighted by atomic mass is 9.88. The summed E-state index contributed by atoms with van der Waals surface area (Å²) >= 11 is 0. The maximum atomic E-state index is 14.3. The van der Waals surface area contributed by atoms with Crippen LogP contribution in [0.3, 0.4) is 0 Å². The Kier molecular flexibility index (Phi) is 3.74. The molecule has 0 saturated carbocycles. The second-order valence-corrected chi connectivity index (χ2v) is 5.59. The van der Waals surface area contributed by atoms with Crippen molar-refractivity contribution in [2.75, 3.05) is 0 Å². The summed E-state index contributed by atoms with van der Waals surface area (Å²) in [6.07, 6.45) is 1.82. The van der Waals surface area contributed by atoms with Gasteiger partial charge in [-0.3, -0.25) is 11.3 Å². The average molecular weight is 288 g/mol. The molecule has 2 atom stereocenters. The molecule has 3 rings (SSSR count). The Morgan fingerprint density at radius 1 is 1.14 bits per heavy atom. The number of hydrogen-bond acceptors (Lipinski definition) is 2. The van der Waals surface area contributed by atoms with Crippen molar-refractivity contribution in [1.82, 2.24) is 5.43 Å². The molecule has 0 fully saturated rings. The first-order chi connectivity index (χ1) is 10.1. The molecule has 3 N–H and O–H groups in total. The van der Waals surface area contributed by atoms with Crippen LogP contribution in [0.2, 0.25) is 0 Å². The van der Waals surface area contributed by atoms with Crippen LogP contribution in [0.25, 0.3) is 0 Å². The van der Waals surface area contributed by atoms with E-state index in [1.54, 1.807) is 19.1 Å². The molecule has 110 valence electrons. The second-order valence-electron chi connectivity index (χ2n) is 5.59. The standard InChI is InChI=1S/C17H18F2N2/c1-10-6-8-14(16(19)15(10)18)17(21-20)13-9-7-11-4-2-3-5-12(11)13/h2-6,8,13,17,21H,7,9,20H2,1H3. The molecule has 1 aliphatic rings. The van der Waals surface area contributed by atoms with E-state index in [4.69, 9.17) is 5.84 Å². The van der Waals surface area contributed by atoms with Crippen LogP contribution in [0.5, 0.6) is 0 Å². The van der Waals surface area contributed by atoms with Gasteiger partial charge in [0, 0.05) is 11.5 Å². The fourth-order valence-electron chi connectivity index (χ4n) is 3.26. The molecule has 1 aliphatic carbocycles. The molecule has 0 aromatic heterocycles. The van der Waals surface area contributed by atoms with E-state index in [1.165, 1.54) is 11.1 Å². The molecule has 4 heteroatoms. The maximum absolute atomic E-state index is 14.3. The third-order valence-corrected chi connectivity index (χ3v) is 4.40. The summed E-state index contributed by atoms with van der Waals surface area (Å²) in [5.74, 6) is 4.12. The monoisotopic (exact) mass is 288 g/mol. The van der Waals surface area contributed by atoms with Crippen LogP contribution in [0.1, 0.15) is 40.6 Å². The van der Waals surface area contributed by atoms with Gasteiger partial charge < -0.3 is 0 Å². The van der Waals surface area contributed by atoms with Crippen molar-refractivity contribution in [3.8, 4) is 0 Å². The Morgan fingerprint density at radius 3 is 2.67 bits per heavy atom. The lowest BCUT2D eigenvalue weighted by Gasteiger charge is -2.25. The zero-order chi connectivity index (χ0) is 15.0. The molecule has 0 radical (unpaired) electrons. The molecular weight excluding hydrogens is 270 g/mol. The lowest BCUT2D eigenvalue weighted by molar-refractivity contribution is 0.416. The van der Waals surface area contributed by atoms with E-state index in [9.17, 15) is 8.78 Å². The molecule has 2 aromatic carbocycles. The molecule has 0 aliphatic heterocycles. The van der Waals surface area contributed by atoms with Crippen LogP contribution in [-0.4, -0.2) is 0 Å². The summed E-state index contributed by atoms with van der Waals surface area (Å²) in [4.78, 5) is 0. The summed E-state index contributed by atoms with van der Waals surface area (Å²) in [6.45, 7) is 1.55. The van der Waals surface area contributed by atoms with E-state index >= 15 is 0 Å². The largest absolute Gasteiger partial charge is 0.271 e. The first-order valence-electron chi connectivity index (χ1n) is 7.12. The van der Waals surface area contributed by atoms with Gasteiger partial charge in [-0.05, 0) is 36.5 Å². The molecule has 2 nitrogen and oxygen atoms in total. The minimum absolute atomic E-state index is 0.0582. The quantitative estimate of drug-likeness (QED) is 0.670. The van der Waals surface area contributed by atoms with Crippen molar-refractivity contribution in [3.63, 3.8) is 0 Å². The van der Waals surface area contributed by atoms with E-state index < -0.39 is 17.7 Å². The van der Waals surface area contributed by atoms with Crippen LogP contribution >= 0.6 is 0 Å². The zero-order valence-electron chi connectivity index (χ0n) is 11.9. The molecule has 0 bridgehead atoms. The molecule has 0 amide bonds. The van der Waals surface area contributed by atoms with Gasteiger partial charge in [0.2, 0.25) is 0 Å². The molecule has 2 aromatic rings. The average Bonchev–Trinajstić information content (AvgIpc) is 2.92. The predicted molar refractivity (Wildman–Crippen MR) is 78.7 cm³/mol. The fourth-order valence-corrected chi connectivity index (χ4v) is 3.26. The Morgan fingerprint density at radius 2 is 1.90 bits per heavy atom. The van der Waals surface area contributed by atoms with Gasteiger partial charge in [0.1, 0.15) is 0 Å². The molecule has 0 heterocycles. The van der Waals surface area contributed by atoms with E-state index in [1.807, 2.05) is 18.2 Å². The third kappa shape index (κ3) is 2.34. The first-order valence-corrected chi connectivity index (χ1v) is 7.12. The van der Waals surface area contributed by atoms with Crippen molar-refractivity contribution in [2.45, 2.75) is 31.7 Å². The number of aryl methyl sites for hydroxylation is 2. The first kappa shape index (κ1) is 14.2. The van der Waals surface area contributed by atoms with Crippen molar-refractivity contribution in [1.29, 1.82) is 0 Å². The summed E-state index contributed by atoms with van der Waals surface area (Å²) < 4.78 is 28.1. The van der Waals surface area contributed by atoms with Crippen LogP contribution in [0.4, 0.5) is 8.78 Å². The Balaban J connectivity index is 2.03. The van der Waals surface area contributed by atoms with Gasteiger partial charge in [-0.2, -0.15) is 0 Å². The van der Waals surface area contributed by atoms with Gasteiger partial charge in [0.15, 0.2) is 11.6 Å². The van der Waals surface area contributed by atoms with Gasteiger partial charge in [0.25, 0.3) is 0 Å². The van der Waals surface area contributed by atoms with Crippen molar-refractivity contribution < 1.29 is 8.78 Å². The van der Waals surface area contributed by atoms with Crippen molar-refractivity contribution in [3.05, 3.63) is 70.3 Å². The highest BCUT2D eigenvalue weighted by molar-refractivity contribution is 5.39. The number of hydrazine groups is 1. The molecule has 0 spiro atoms. The molecule has 2 unspecified atom stereocenters. The SMILES string of the molecule is Cc1ccc(C(NN)C2CCc3ccccc32)c(F)c1F. The number of halogens is 2. The molecular formula is C17H18F2N2. The third-order valence-electron chi connectivity index (χ3n) is 4.40. The van der Waals surface area contributed by atoms with E-state index in [0.29, 0.717) is 11.1 Å². The maximum Gasteiger partial charge on any atom is 0.163 e. The highest BCUT2D eigenvalue weighted by atomic mass is 19.2. The minimum atomic E-state index is -0.803. The highest BCUT2D eigenvalue weighted by Gasteiger charge is 2.32. The smallest absolute Gasteiger partial charge is 0.163 e. The number of nitrogens with two attached hydrogens (primary N) is 1. The summed E-state index contributed by atoms with van der Waals surface area (Å²) in [5.41, 5.74) is 5.71. The van der Waals surface area contributed by atoms with Gasteiger partial charge in [0.05, 0.1) is 6.04 Å². The number of rotatable bonds is 3. The number of hydrogen-bond donors (Lipinski definition) is 2. The van der Waals surface area contributed by atoms with Crippen molar-refractivity contribution in [2.24, 2.45) is 5.84 Å². The number of nitrogens with one attached hydrogen (secondary N) is 1. The topological polar surface area (TPSA) is 38.0 Å². The summed E-state index contributed by atoms with van der Waals surface area (Å²) in [6, 6.07) is 10.9. The normalized spacial score (nSPS) is 18.6. The second kappa shape index (κ2) is 5.54. The van der Waals surface area contributed by atoms with E-state index in [2.05, 4.69) is 11.5 Å².